The summed E-state index contributed by atoms with van der Waals surface area (Å²) in [5.74, 6) is 6.64. The normalized spacial score (nSPS) is 15.1. The van der Waals surface area contributed by atoms with Gasteiger partial charge in [0.05, 0.1) is 8.07 Å². The lowest BCUT2D eigenvalue weighted by Crippen LogP contribution is -2.30. The zero-order chi connectivity index (χ0) is 17.4. The van der Waals surface area contributed by atoms with Crippen LogP contribution in [0.15, 0.2) is 72.8 Å². The quantitative estimate of drug-likeness (QED) is 0.373. The molecule has 1 aliphatic carbocycles. The van der Waals surface area contributed by atoms with Gasteiger partial charge in [0.15, 0.2) is 0 Å². The molecule has 0 saturated heterocycles. The molecule has 0 aliphatic heterocycles. The molecule has 0 aromatic heterocycles. The van der Waals surface area contributed by atoms with Gasteiger partial charge in [0.1, 0.15) is 0 Å². The lowest BCUT2D eigenvalue weighted by Gasteiger charge is -2.27. The Morgan fingerprint density at radius 2 is 1.28 bits per heavy atom. The molecule has 1 unspecified atom stereocenters. The predicted molar refractivity (Wildman–Crippen MR) is 109 cm³/mol. The highest BCUT2D eigenvalue weighted by Crippen LogP contribution is 2.48. The summed E-state index contributed by atoms with van der Waals surface area (Å²) in [7, 11) is -1.38. The van der Waals surface area contributed by atoms with Gasteiger partial charge in [-0.25, -0.2) is 0 Å². The molecule has 4 rings (SSSR count). The highest BCUT2D eigenvalue weighted by Gasteiger charge is 2.37. The Morgan fingerprint density at radius 3 is 2.04 bits per heavy atom. The van der Waals surface area contributed by atoms with Crippen molar-refractivity contribution in [1.82, 2.24) is 0 Å². The molecule has 0 N–H and O–H groups in total. The van der Waals surface area contributed by atoms with Crippen LogP contribution >= 0.6 is 0 Å². The van der Waals surface area contributed by atoms with Crippen LogP contribution in [0.3, 0.4) is 0 Å². The fourth-order valence-corrected chi connectivity index (χ4v) is 6.24. The second-order valence-electron chi connectivity index (χ2n) is 7.80. The number of fused-ring (bicyclic) bond motifs is 3. The van der Waals surface area contributed by atoms with Gasteiger partial charge in [0.25, 0.3) is 0 Å². The maximum absolute atomic E-state index is 3.35. The van der Waals surface area contributed by atoms with Gasteiger partial charge in [-0.05, 0) is 46.5 Å². The molecular weight excluding hydrogens is 316 g/mol. The van der Waals surface area contributed by atoms with Gasteiger partial charge in [-0.15, -0.1) is 0 Å². The van der Waals surface area contributed by atoms with Crippen molar-refractivity contribution >= 4 is 8.07 Å². The lowest BCUT2D eigenvalue weighted by molar-refractivity contribution is 1.12. The van der Waals surface area contributed by atoms with Gasteiger partial charge in [0.2, 0.25) is 0 Å². The van der Waals surface area contributed by atoms with E-state index in [1.165, 1.54) is 22.3 Å². The van der Waals surface area contributed by atoms with Crippen LogP contribution in [0.4, 0.5) is 0 Å². The number of hydrogen-bond donors (Lipinski definition) is 0. The van der Waals surface area contributed by atoms with Gasteiger partial charge < -0.3 is 0 Å². The molecule has 25 heavy (non-hydrogen) atoms. The summed E-state index contributed by atoms with van der Waals surface area (Å²) in [5.41, 5.74) is 8.51. The summed E-state index contributed by atoms with van der Waals surface area (Å²) in [6.07, 6.45) is 0. The van der Waals surface area contributed by atoms with Crippen LogP contribution in [0.25, 0.3) is 11.1 Å². The Kier molecular flexibility index (Phi) is 3.86. The molecule has 0 spiro atoms. The Balaban J connectivity index is 1.81. The average molecular weight is 339 g/mol. The smallest absolute Gasteiger partial charge is 0.0574 e. The molecule has 0 amide bonds. The summed E-state index contributed by atoms with van der Waals surface area (Å²) in [6.45, 7) is 7.39. The van der Waals surface area contributed by atoms with Crippen LogP contribution in [0.2, 0.25) is 19.6 Å². The molecule has 0 fully saturated rings. The van der Waals surface area contributed by atoms with E-state index in [9.17, 15) is 0 Å². The van der Waals surface area contributed by atoms with E-state index in [1.54, 1.807) is 0 Å². The van der Waals surface area contributed by atoms with Crippen molar-refractivity contribution in [1.29, 1.82) is 0 Å². The molecule has 3 aromatic rings. The van der Waals surface area contributed by atoms with Crippen molar-refractivity contribution in [2.75, 3.05) is 0 Å². The van der Waals surface area contributed by atoms with Gasteiger partial charge >= 0.3 is 0 Å². The van der Waals surface area contributed by atoms with Crippen LogP contribution in [0.5, 0.6) is 0 Å². The van der Waals surface area contributed by atoms with Gasteiger partial charge in [-0.1, -0.05) is 80.0 Å². The molecule has 1 heteroatoms. The zero-order valence-electron chi connectivity index (χ0n) is 15.0. The molecular formula is C24H22Si. The van der Waals surface area contributed by atoms with E-state index in [1.807, 2.05) is 18.2 Å². The molecule has 0 heterocycles. The maximum atomic E-state index is 3.35. The Bertz CT molecular complexity index is 982. The first-order valence-corrected chi connectivity index (χ1v) is 12.4. The topological polar surface area (TPSA) is 0 Å². The van der Waals surface area contributed by atoms with Crippen molar-refractivity contribution in [2.45, 2.75) is 25.2 Å². The third-order valence-electron chi connectivity index (χ3n) is 4.92. The van der Waals surface area contributed by atoms with Crippen molar-refractivity contribution < 1.29 is 0 Å². The largest absolute Gasteiger partial charge is 0.0688 e. The minimum Gasteiger partial charge on any atom is -0.0688 e. The number of hydrogen-bond acceptors (Lipinski definition) is 0. The minimum atomic E-state index is -1.38. The minimum absolute atomic E-state index is 0.553. The molecule has 0 radical (unpaired) electrons. The van der Waals surface area contributed by atoms with E-state index in [-0.39, 0.29) is 0 Å². The monoisotopic (exact) mass is 338 g/mol. The van der Waals surface area contributed by atoms with Crippen LogP contribution < -0.4 is 0 Å². The van der Waals surface area contributed by atoms with E-state index in [4.69, 9.17) is 0 Å². The summed E-state index contributed by atoms with van der Waals surface area (Å²) in [6, 6.07) is 25.9. The molecule has 122 valence electrons. The zero-order valence-corrected chi connectivity index (χ0v) is 16.0. The van der Waals surface area contributed by atoms with Crippen molar-refractivity contribution in [3.63, 3.8) is 0 Å². The second kappa shape index (κ2) is 6.06. The Hall–Kier alpha value is -2.56. The van der Waals surface area contributed by atoms with Crippen LogP contribution in [0.1, 0.15) is 27.8 Å². The van der Waals surface area contributed by atoms with E-state index in [0.717, 1.165) is 11.1 Å². The van der Waals surface area contributed by atoms with Gasteiger partial charge in [-0.3, -0.25) is 0 Å². The van der Waals surface area contributed by atoms with Gasteiger partial charge in [-0.2, -0.15) is 0 Å². The van der Waals surface area contributed by atoms with Crippen LogP contribution in [-0.2, 0) is 0 Å². The summed E-state index contributed by atoms with van der Waals surface area (Å²) >= 11 is 0. The lowest BCUT2D eigenvalue weighted by atomic mass is 10.0. The molecule has 0 saturated carbocycles. The number of rotatable bonds is 1. The highest BCUT2D eigenvalue weighted by atomic mass is 28.3. The molecule has 0 bridgehead atoms. The molecule has 3 aromatic carbocycles. The average Bonchev–Trinajstić information content (AvgIpc) is 2.94. The summed E-state index contributed by atoms with van der Waals surface area (Å²) < 4.78 is 0. The van der Waals surface area contributed by atoms with Crippen molar-refractivity contribution in [2.24, 2.45) is 0 Å². The van der Waals surface area contributed by atoms with Crippen LogP contribution in [0, 0.1) is 11.8 Å². The fourth-order valence-electron chi connectivity index (χ4n) is 3.88. The van der Waals surface area contributed by atoms with E-state index < -0.39 is 8.07 Å². The predicted octanol–water partition coefficient (Wildman–Crippen LogP) is 6.08. The molecule has 0 nitrogen and oxygen atoms in total. The first-order chi connectivity index (χ1) is 12.0. The van der Waals surface area contributed by atoms with Crippen molar-refractivity contribution in [3.8, 4) is 23.0 Å². The fraction of sp³-hybridized carbons (Fsp3) is 0.167. The van der Waals surface area contributed by atoms with Crippen molar-refractivity contribution in [3.05, 3.63) is 95.1 Å². The van der Waals surface area contributed by atoms with Crippen LogP contribution in [-0.4, -0.2) is 8.07 Å². The standard InChI is InChI=1S/C24H22Si/c1-25(2,3)24-22-12-8-7-11-20(22)21-16-15-19(17-23(21)24)14-13-18-9-5-4-6-10-18/h4-12,15-17,24H,1-3H3. The Labute approximate surface area is 151 Å². The molecule has 1 atom stereocenters. The first-order valence-electron chi connectivity index (χ1n) is 8.84. The second-order valence-corrected chi connectivity index (χ2v) is 13.1. The van der Waals surface area contributed by atoms with Gasteiger partial charge in [0, 0.05) is 16.7 Å². The first kappa shape index (κ1) is 15.9. The maximum Gasteiger partial charge on any atom is 0.0574 e. The third kappa shape index (κ3) is 2.95. The summed E-state index contributed by atoms with van der Waals surface area (Å²) in [4.78, 5) is 0. The van der Waals surface area contributed by atoms with E-state index in [0.29, 0.717) is 5.54 Å². The van der Waals surface area contributed by atoms with E-state index >= 15 is 0 Å². The third-order valence-corrected chi connectivity index (χ3v) is 7.27. The Morgan fingerprint density at radius 1 is 0.640 bits per heavy atom. The highest BCUT2D eigenvalue weighted by molar-refractivity contribution is 6.78. The molecule has 1 aliphatic rings. The summed E-state index contributed by atoms with van der Waals surface area (Å²) in [5, 5.41) is 0. The van der Waals surface area contributed by atoms with E-state index in [2.05, 4.69) is 86.1 Å². The SMILES string of the molecule is C[Si](C)(C)C1c2ccccc2-c2ccc(C#Cc3ccccc3)cc21. The number of benzene rings is 3.